The maximum Gasteiger partial charge on any atom is 0.265 e. The van der Waals surface area contributed by atoms with E-state index in [1.165, 1.54) is 4.57 Å². The van der Waals surface area contributed by atoms with Crippen molar-refractivity contribution in [2.45, 2.75) is 26.2 Å². The molecule has 0 aliphatic carbocycles. The molecule has 0 bridgehead atoms. The molecule has 0 amide bonds. The SMILES string of the molecule is Cn1c(NCC2CN(c3ccc(C(C)(C)C)nn3)C2)nc2c(cnn2C)c1=O. The minimum Gasteiger partial charge on any atom is -0.355 e. The van der Waals surface area contributed by atoms with Gasteiger partial charge in [0.2, 0.25) is 5.95 Å². The predicted octanol–water partition coefficient (Wildman–Crippen LogP) is 1.30. The van der Waals surface area contributed by atoms with Gasteiger partial charge in [-0.25, -0.2) is 0 Å². The zero-order valence-corrected chi connectivity index (χ0v) is 17.0. The van der Waals surface area contributed by atoms with Crippen LogP contribution >= 0.6 is 0 Å². The topological polar surface area (TPSA) is 93.8 Å². The Labute approximate surface area is 163 Å². The van der Waals surface area contributed by atoms with Crippen LogP contribution in [0.25, 0.3) is 11.0 Å². The van der Waals surface area contributed by atoms with E-state index in [2.05, 4.69) is 57.3 Å². The molecule has 1 fully saturated rings. The molecule has 9 heteroatoms. The van der Waals surface area contributed by atoms with E-state index in [4.69, 9.17) is 0 Å². The highest BCUT2D eigenvalue weighted by Gasteiger charge is 2.28. The third-order valence-corrected chi connectivity index (χ3v) is 5.22. The molecule has 148 valence electrons. The minimum absolute atomic E-state index is 0.00481. The molecule has 3 aromatic heterocycles. The van der Waals surface area contributed by atoms with Crippen LogP contribution in [0.5, 0.6) is 0 Å². The molecule has 9 nitrogen and oxygen atoms in total. The van der Waals surface area contributed by atoms with Crippen LogP contribution in [0.2, 0.25) is 0 Å². The first-order chi connectivity index (χ1) is 13.2. The normalized spacial score (nSPS) is 15.1. The second-order valence-corrected chi connectivity index (χ2v) is 8.48. The molecule has 1 aliphatic heterocycles. The number of anilines is 2. The smallest absolute Gasteiger partial charge is 0.265 e. The molecule has 0 atom stereocenters. The molecule has 0 spiro atoms. The summed E-state index contributed by atoms with van der Waals surface area (Å²) in [5, 5.41) is 16.7. The Morgan fingerprint density at radius 2 is 1.93 bits per heavy atom. The largest absolute Gasteiger partial charge is 0.355 e. The van der Waals surface area contributed by atoms with Gasteiger partial charge in [0, 0.05) is 45.1 Å². The number of aryl methyl sites for hydroxylation is 1. The van der Waals surface area contributed by atoms with Crippen LogP contribution in [0, 0.1) is 5.92 Å². The summed E-state index contributed by atoms with van der Waals surface area (Å²) in [6, 6.07) is 4.09. The van der Waals surface area contributed by atoms with Gasteiger partial charge in [-0.05, 0) is 12.1 Å². The maximum atomic E-state index is 12.4. The van der Waals surface area contributed by atoms with Crippen molar-refractivity contribution in [2.24, 2.45) is 20.0 Å². The summed E-state index contributed by atoms with van der Waals surface area (Å²) in [5.41, 5.74) is 1.50. The molecule has 4 heterocycles. The van der Waals surface area contributed by atoms with Crippen molar-refractivity contribution in [2.75, 3.05) is 29.9 Å². The lowest BCUT2D eigenvalue weighted by molar-refractivity contribution is 0.423. The Hall–Kier alpha value is -2.97. The van der Waals surface area contributed by atoms with Crippen LogP contribution in [0.4, 0.5) is 11.8 Å². The highest BCUT2D eigenvalue weighted by atomic mass is 16.1. The molecule has 28 heavy (non-hydrogen) atoms. The third kappa shape index (κ3) is 3.21. The first-order valence-electron chi connectivity index (χ1n) is 9.46. The predicted molar refractivity (Wildman–Crippen MR) is 109 cm³/mol. The molecule has 1 N–H and O–H groups in total. The van der Waals surface area contributed by atoms with E-state index < -0.39 is 0 Å². The average Bonchev–Trinajstić information content (AvgIpc) is 2.98. The Kier molecular flexibility index (Phi) is 4.32. The highest BCUT2D eigenvalue weighted by Crippen LogP contribution is 2.25. The van der Waals surface area contributed by atoms with E-state index in [9.17, 15) is 4.79 Å². The summed E-state index contributed by atoms with van der Waals surface area (Å²) in [7, 11) is 3.51. The average molecular weight is 382 g/mol. The van der Waals surface area contributed by atoms with E-state index in [1.54, 1.807) is 25.0 Å². The molecule has 0 radical (unpaired) electrons. The number of hydrogen-bond donors (Lipinski definition) is 1. The van der Waals surface area contributed by atoms with Crippen molar-refractivity contribution >= 4 is 22.8 Å². The zero-order chi connectivity index (χ0) is 20.1. The Morgan fingerprint density at radius 1 is 1.18 bits per heavy atom. The van der Waals surface area contributed by atoms with Crippen LogP contribution in [-0.4, -0.2) is 49.2 Å². The standard InChI is InChI=1S/C19H26N8O/c1-19(2,3)14-6-7-15(24-23-14)27-10-12(11-27)8-20-18-22-16-13(9-21-26(16)5)17(28)25(18)4/h6-7,9,12H,8,10-11H2,1-5H3,(H,20,22). The van der Waals surface area contributed by atoms with E-state index in [1.807, 2.05) is 6.07 Å². The van der Waals surface area contributed by atoms with Crippen LogP contribution in [-0.2, 0) is 19.5 Å². The lowest BCUT2D eigenvalue weighted by Crippen LogP contribution is -2.50. The summed E-state index contributed by atoms with van der Waals surface area (Å²) in [5.74, 6) is 1.93. The summed E-state index contributed by atoms with van der Waals surface area (Å²) in [4.78, 5) is 19.2. The monoisotopic (exact) mass is 382 g/mol. The third-order valence-electron chi connectivity index (χ3n) is 5.22. The molecule has 1 saturated heterocycles. The van der Waals surface area contributed by atoms with E-state index >= 15 is 0 Å². The molecule has 1 aliphatic rings. The number of fused-ring (bicyclic) bond motifs is 1. The van der Waals surface area contributed by atoms with Gasteiger partial charge in [0.15, 0.2) is 11.5 Å². The number of nitrogens with zero attached hydrogens (tertiary/aromatic N) is 7. The van der Waals surface area contributed by atoms with Crippen molar-refractivity contribution in [3.05, 3.63) is 34.4 Å². The van der Waals surface area contributed by atoms with Crippen molar-refractivity contribution in [1.29, 1.82) is 0 Å². The van der Waals surface area contributed by atoms with Gasteiger partial charge >= 0.3 is 0 Å². The van der Waals surface area contributed by atoms with Gasteiger partial charge in [-0.1, -0.05) is 20.8 Å². The van der Waals surface area contributed by atoms with Gasteiger partial charge in [0.1, 0.15) is 5.39 Å². The minimum atomic E-state index is -0.0925. The van der Waals surface area contributed by atoms with Gasteiger partial charge < -0.3 is 10.2 Å². The van der Waals surface area contributed by atoms with Gasteiger partial charge in [-0.3, -0.25) is 14.0 Å². The molecule has 3 aromatic rings. The molecule has 4 rings (SSSR count). The summed E-state index contributed by atoms with van der Waals surface area (Å²) >= 11 is 0. The lowest BCUT2D eigenvalue weighted by Gasteiger charge is -2.40. The van der Waals surface area contributed by atoms with E-state index in [-0.39, 0.29) is 11.0 Å². The first kappa shape index (κ1) is 18.4. The number of nitrogens with one attached hydrogen (secondary N) is 1. The molecule has 0 unspecified atom stereocenters. The fourth-order valence-electron chi connectivity index (χ4n) is 3.34. The van der Waals surface area contributed by atoms with Crippen LogP contribution in [0.3, 0.4) is 0 Å². The zero-order valence-electron chi connectivity index (χ0n) is 17.0. The molecule has 0 saturated carbocycles. The van der Waals surface area contributed by atoms with Gasteiger partial charge in [-0.15, -0.1) is 5.10 Å². The molecular weight excluding hydrogens is 356 g/mol. The van der Waals surface area contributed by atoms with Gasteiger partial charge in [0.25, 0.3) is 5.56 Å². The van der Waals surface area contributed by atoms with Crippen molar-refractivity contribution < 1.29 is 0 Å². The molecular formula is C19H26N8O. The lowest BCUT2D eigenvalue weighted by atomic mass is 9.92. The quantitative estimate of drug-likeness (QED) is 0.727. The summed E-state index contributed by atoms with van der Waals surface area (Å²) < 4.78 is 3.16. The van der Waals surface area contributed by atoms with Crippen LogP contribution < -0.4 is 15.8 Å². The van der Waals surface area contributed by atoms with Gasteiger partial charge in [-0.2, -0.15) is 15.2 Å². The second kappa shape index (κ2) is 6.57. The van der Waals surface area contributed by atoms with Gasteiger partial charge in [0.05, 0.1) is 11.9 Å². The number of rotatable bonds is 4. The number of aromatic nitrogens is 6. The fraction of sp³-hybridized carbons (Fsp3) is 0.526. The fourth-order valence-corrected chi connectivity index (χ4v) is 3.34. The first-order valence-corrected chi connectivity index (χ1v) is 9.46. The van der Waals surface area contributed by atoms with Crippen LogP contribution in [0.15, 0.2) is 23.1 Å². The summed E-state index contributed by atoms with van der Waals surface area (Å²) in [6.07, 6.45) is 1.56. The Morgan fingerprint density at radius 3 is 2.57 bits per heavy atom. The summed E-state index contributed by atoms with van der Waals surface area (Å²) in [6.45, 7) is 8.94. The van der Waals surface area contributed by atoms with Crippen molar-refractivity contribution in [3.63, 3.8) is 0 Å². The van der Waals surface area contributed by atoms with Crippen molar-refractivity contribution in [3.8, 4) is 0 Å². The van der Waals surface area contributed by atoms with Crippen molar-refractivity contribution in [1.82, 2.24) is 29.5 Å². The Bertz CT molecular complexity index is 1050. The number of hydrogen-bond acceptors (Lipinski definition) is 7. The Balaban J connectivity index is 1.38. The second-order valence-electron chi connectivity index (χ2n) is 8.48. The highest BCUT2D eigenvalue weighted by molar-refractivity contribution is 5.74. The van der Waals surface area contributed by atoms with E-state index in [0.717, 1.165) is 31.1 Å². The van der Waals surface area contributed by atoms with E-state index in [0.29, 0.717) is 22.9 Å². The van der Waals surface area contributed by atoms with Crippen LogP contribution in [0.1, 0.15) is 26.5 Å². The molecule has 0 aromatic carbocycles. The maximum absolute atomic E-state index is 12.4.